The monoisotopic (exact) mass is 354 g/mol. The Bertz CT molecular complexity index is 969. The van der Waals surface area contributed by atoms with Crippen LogP contribution in [0, 0.1) is 5.82 Å². The molecule has 26 heavy (non-hydrogen) atoms. The number of rotatable bonds is 5. The number of halogens is 3. The standard InChI is InChI=1S/C22H17F3O/c1-2-3-12-26-19-9-6-15(7-10-19)16-8-11-20-17(13-16)4-5-18(22(20)25)14-21(23)24/h2-11,13-14H,12H2,1H3. The zero-order valence-electron chi connectivity index (χ0n) is 14.2. The highest BCUT2D eigenvalue weighted by atomic mass is 19.3. The van der Waals surface area contributed by atoms with Crippen molar-refractivity contribution in [2.75, 3.05) is 6.61 Å². The third-order valence-corrected chi connectivity index (χ3v) is 4.02. The summed E-state index contributed by atoms with van der Waals surface area (Å²) in [6, 6.07) is 15.8. The molecule has 0 atom stereocenters. The van der Waals surface area contributed by atoms with Gasteiger partial charge in [-0.25, -0.2) is 4.39 Å². The Labute approximate surface area is 150 Å². The first-order valence-electron chi connectivity index (χ1n) is 8.18. The van der Waals surface area contributed by atoms with Crippen LogP contribution in [0.1, 0.15) is 12.5 Å². The fourth-order valence-corrected chi connectivity index (χ4v) is 2.70. The molecule has 0 saturated carbocycles. The van der Waals surface area contributed by atoms with E-state index in [1.807, 2.05) is 49.4 Å². The van der Waals surface area contributed by atoms with Gasteiger partial charge in [0.15, 0.2) is 0 Å². The summed E-state index contributed by atoms with van der Waals surface area (Å²) in [6.07, 6.45) is 2.46. The fraction of sp³-hybridized carbons (Fsp3) is 0.0909. The molecule has 1 nitrogen and oxygen atoms in total. The molecule has 0 heterocycles. The van der Waals surface area contributed by atoms with Crippen LogP contribution in [-0.4, -0.2) is 6.61 Å². The van der Waals surface area contributed by atoms with Gasteiger partial charge in [-0.05, 0) is 41.6 Å². The van der Waals surface area contributed by atoms with Gasteiger partial charge in [0, 0.05) is 17.0 Å². The number of allylic oxidation sites excluding steroid dienone is 1. The van der Waals surface area contributed by atoms with Crippen molar-refractivity contribution < 1.29 is 17.9 Å². The van der Waals surface area contributed by atoms with Gasteiger partial charge in [0.2, 0.25) is 0 Å². The smallest absolute Gasteiger partial charge is 0.271 e. The lowest BCUT2D eigenvalue weighted by molar-refractivity contribution is 0.363. The number of ether oxygens (including phenoxy) is 1. The maximum atomic E-state index is 14.4. The molecule has 132 valence electrons. The number of hydrogen-bond donors (Lipinski definition) is 0. The van der Waals surface area contributed by atoms with Crippen LogP contribution in [0.5, 0.6) is 5.75 Å². The van der Waals surface area contributed by atoms with Crippen molar-refractivity contribution in [3.63, 3.8) is 0 Å². The quantitative estimate of drug-likeness (QED) is 0.456. The van der Waals surface area contributed by atoms with E-state index < -0.39 is 11.9 Å². The van der Waals surface area contributed by atoms with Gasteiger partial charge in [-0.15, -0.1) is 0 Å². The second-order valence-corrected chi connectivity index (χ2v) is 5.74. The normalized spacial score (nSPS) is 11.1. The molecule has 0 fully saturated rings. The Morgan fingerprint density at radius 3 is 2.38 bits per heavy atom. The minimum Gasteiger partial charge on any atom is -0.490 e. The molecule has 3 rings (SSSR count). The van der Waals surface area contributed by atoms with Crippen LogP contribution in [0.15, 0.2) is 72.8 Å². The summed E-state index contributed by atoms with van der Waals surface area (Å²) < 4.78 is 44.7. The van der Waals surface area contributed by atoms with E-state index in [9.17, 15) is 13.2 Å². The molecule has 0 radical (unpaired) electrons. The average molecular weight is 354 g/mol. The van der Waals surface area contributed by atoms with E-state index in [1.54, 1.807) is 18.2 Å². The lowest BCUT2D eigenvalue weighted by atomic mass is 9.99. The Morgan fingerprint density at radius 2 is 1.69 bits per heavy atom. The van der Waals surface area contributed by atoms with Gasteiger partial charge in [0.1, 0.15) is 18.2 Å². The van der Waals surface area contributed by atoms with Crippen molar-refractivity contribution in [2.24, 2.45) is 0 Å². The fourth-order valence-electron chi connectivity index (χ4n) is 2.70. The van der Waals surface area contributed by atoms with E-state index in [0.29, 0.717) is 23.5 Å². The van der Waals surface area contributed by atoms with E-state index in [0.717, 1.165) is 16.9 Å². The predicted octanol–water partition coefficient (Wildman–Crippen LogP) is 6.84. The van der Waals surface area contributed by atoms with Crippen LogP contribution in [0.25, 0.3) is 28.0 Å². The third kappa shape index (κ3) is 3.97. The van der Waals surface area contributed by atoms with Gasteiger partial charge in [0.25, 0.3) is 6.08 Å². The van der Waals surface area contributed by atoms with Crippen LogP contribution in [0.3, 0.4) is 0 Å². The molecule has 3 aromatic rings. The Kier molecular flexibility index (Phi) is 5.42. The Hall–Kier alpha value is -3.01. The minimum absolute atomic E-state index is 0.118. The van der Waals surface area contributed by atoms with Gasteiger partial charge in [-0.3, -0.25) is 0 Å². The lowest BCUT2D eigenvalue weighted by Crippen LogP contribution is -1.92. The molecule has 0 aliphatic carbocycles. The first-order valence-corrected chi connectivity index (χ1v) is 8.18. The summed E-state index contributed by atoms with van der Waals surface area (Å²) in [5.74, 6) is 0.123. The van der Waals surface area contributed by atoms with Crippen molar-refractivity contribution in [1.29, 1.82) is 0 Å². The maximum Gasteiger partial charge on any atom is 0.271 e. The summed E-state index contributed by atoms with van der Waals surface area (Å²) in [5, 5.41) is 0.972. The minimum atomic E-state index is -1.92. The zero-order chi connectivity index (χ0) is 18.5. The zero-order valence-corrected chi connectivity index (χ0v) is 14.2. The molecule has 0 spiro atoms. The SMILES string of the molecule is CC=CCOc1ccc(-c2ccc3c(F)c(C=C(F)F)ccc3c2)cc1. The molecule has 0 aromatic heterocycles. The van der Waals surface area contributed by atoms with Crippen molar-refractivity contribution in [3.05, 3.63) is 84.2 Å². The summed E-state index contributed by atoms with van der Waals surface area (Å²) in [4.78, 5) is 0. The van der Waals surface area contributed by atoms with Crippen LogP contribution >= 0.6 is 0 Å². The second-order valence-electron chi connectivity index (χ2n) is 5.74. The summed E-state index contributed by atoms with van der Waals surface area (Å²) in [6.45, 7) is 2.45. The van der Waals surface area contributed by atoms with Gasteiger partial charge in [-0.1, -0.05) is 48.6 Å². The van der Waals surface area contributed by atoms with Gasteiger partial charge >= 0.3 is 0 Å². The van der Waals surface area contributed by atoms with Crippen LogP contribution in [-0.2, 0) is 0 Å². The molecule has 0 aliphatic heterocycles. The second kappa shape index (κ2) is 7.91. The highest BCUT2D eigenvalue weighted by Crippen LogP contribution is 2.29. The largest absolute Gasteiger partial charge is 0.490 e. The van der Waals surface area contributed by atoms with E-state index in [-0.39, 0.29) is 5.56 Å². The molecule has 0 bridgehead atoms. The predicted molar refractivity (Wildman–Crippen MR) is 99.8 cm³/mol. The molecular formula is C22H17F3O. The lowest BCUT2D eigenvalue weighted by Gasteiger charge is -2.08. The van der Waals surface area contributed by atoms with Crippen LogP contribution in [0.2, 0.25) is 0 Å². The van der Waals surface area contributed by atoms with E-state index in [2.05, 4.69) is 0 Å². The Balaban J connectivity index is 1.90. The van der Waals surface area contributed by atoms with Crippen LogP contribution < -0.4 is 4.74 Å². The molecule has 0 aliphatic rings. The topological polar surface area (TPSA) is 9.23 Å². The molecule has 0 N–H and O–H groups in total. The average Bonchev–Trinajstić information content (AvgIpc) is 2.64. The number of hydrogen-bond acceptors (Lipinski definition) is 1. The highest BCUT2D eigenvalue weighted by Gasteiger charge is 2.08. The number of benzene rings is 3. The van der Waals surface area contributed by atoms with Crippen molar-refractivity contribution in [3.8, 4) is 16.9 Å². The summed E-state index contributed by atoms with van der Waals surface area (Å²) in [5.41, 5.74) is 1.76. The molecule has 0 unspecified atom stereocenters. The molecule has 0 amide bonds. The van der Waals surface area contributed by atoms with E-state index >= 15 is 0 Å². The molecule has 3 aromatic carbocycles. The first kappa shape index (κ1) is 17.8. The Morgan fingerprint density at radius 1 is 0.962 bits per heavy atom. The highest BCUT2D eigenvalue weighted by molar-refractivity contribution is 5.89. The summed E-state index contributed by atoms with van der Waals surface area (Å²) >= 11 is 0. The molecular weight excluding hydrogens is 337 g/mol. The molecule has 4 heteroatoms. The van der Waals surface area contributed by atoms with Gasteiger partial charge < -0.3 is 4.74 Å². The third-order valence-electron chi connectivity index (χ3n) is 4.02. The van der Waals surface area contributed by atoms with Crippen molar-refractivity contribution in [2.45, 2.75) is 6.92 Å². The first-order chi connectivity index (χ1) is 12.6. The van der Waals surface area contributed by atoms with Gasteiger partial charge in [0.05, 0.1) is 0 Å². The van der Waals surface area contributed by atoms with Crippen LogP contribution in [0.4, 0.5) is 13.2 Å². The van der Waals surface area contributed by atoms with E-state index in [1.165, 1.54) is 6.07 Å². The maximum absolute atomic E-state index is 14.4. The van der Waals surface area contributed by atoms with E-state index in [4.69, 9.17) is 4.74 Å². The summed E-state index contributed by atoms with van der Waals surface area (Å²) in [7, 11) is 0. The van der Waals surface area contributed by atoms with Gasteiger partial charge in [-0.2, -0.15) is 8.78 Å². The number of fused-ring (bicyclic) bond motifs is 1. The van der Waals surface area contributed by atoms with Crippen molar-refractivity contribution in [1.82, 2.24) is 0 Å². The van der Waals surface area contributed by atoms with Crippen molar-refractivity contribution >= 4 is 16.8 Å². The molecule has 0 saturated heterocycles.